The standard InChI is InChI=1S/C24H35N3O5/c1-17(25-22(29)31-16-18-9-6-5-7-10-18)21(28)26-12-8-11-19(13-26)20-14-27(15-20)23(30)32-24(2,3)4/h5-7,9-10,17,19-20H,8,11-16H2,1-4H3,(H,25,29)/t17-,19-/m0/s1. The van der Waals surface area contributed by atoms with Crippen LogP contribution in [0.15, 0.2) is 30.3 Å². The molecule has 0 spiro atoms. The SMILES string of the molecule is C[C@H](NC(=O)OCc1ccccc1)C(=O)N1CCC[C@H](C2CN(C(=O)OC(C)(C)C)C2)C1. The van der Waals surface area contributed by atoms with E-state index >= 15 is 0 Å². The van der Waals surface area contributed by atoms with Gasteiger partial charge in [0.15, 0.2) is 0 Å². The summed E-state index contributed by atoms with van der Waals surface area (Å²) < 4.78 is 10.6. The molecule has 1 aromatic rings. The summed E-state index contributed by atoms with van der Waals surface area (Å²) in [5.74, 6) is 0.621. The number of rotatable bonds is 5. The van der Waals surface area contributed by atoms with Gasteiger partial charge in [-0.1, -0.05) is 30.3 Å². The monoisotopic (exact) mass is 445 g/mol. The Morgan fingerprint density at radius 1 is 1.06 bits per heavy atom. The van der Waals surface area contributed by atoms with Gasteiger partial charge in [0.25, 0.3) is 0 Å². The number of benzene rings is 1. The van der Waals surface area contributed by atoms with E-state index in [-0.39, 0.29) is 18.6 Å². The van der Waals surface area contributed by atoms with Crippen molar-refractivity contribution in [1.29, 1.82) is 0 Å². The van der Waals surface area contributed by atoms with Crippen molar-refractivity contribution in [3.05, 3.63) is 35.9 Å². The van der Waals surface area contributed by atoms with Gasteiger partial charge in [0.2, 0.25) is 5.91 Å². The highest BCUT2D eigenvalue weighted by Crippen LogP contribution is 2.32. The lowest BCUT2D eigenvalue weighted by Crippen LogP contribution is -2.57. The Balaban J connectivity index is 1.42. The van der Waals surface area contributed by atoms with Crippen LogP contribution in [-0.2, 0) is 20.9 Å². The summed E-state index contributed by atoms with van der Waals surface area (Å²) in [5.41, 5.74) is 0.392. The Morgan fingerprint density at radius 2 is 1.72 bits per heavy atom. The van der Waals surface area contributed by atoms with Crippen LogP contribution in [0.3, 0.4) is 0 Å². The molecule has 0 aliphatic carbocycles. The van der Waals surface area contributed by atoms with E-state index in [1.54, 1.807) is 11.8 Å². The average molecular weight is 446 g/mol. The van der Waals surface area contributed by atoms with Gasteiger partial charge < -0.3 is 24.6 Å². The highest BCUT2D eigenvalue weighted by molar-refractivity contribution is 5.85. The lowest BCUT2D eigenvalue weighted by molar-refractivity contribution is -0.135. The fraction of sp³-hybridized carbons (Fsp3) is 0.625. The van der Waals surface area contributed by atoms with E-state index in [1.807, 2.05) is 56.0 Å². The predicted octanol–water partition coefficient (Wildman–Crippen LogP) is 3.41. The Kier molecular flexibility index (Phi) is 7.64. The molecule has 1 N–H and O–H groups in total. The van der Waals surface area contributed by atoms with Gasteiger partial charge in [-0.3, -0.25) is 4.79 Å². The van der Waals surface area contributed by atoms with E-state index in [2.05, 4.69) is 5.32 Å². The van der Waals surface area contributed by atoms with Crippen LogP contribution in [-0.4, -0.2) is 65.7 Å². The maximum Gasteiger partial charge on any atom is 0.410 e. The fourth-order valence-corrected chi connectivity index (χ4v) is 4.16. The summed E-state index contributed by atoms with van der Waals surface area (Å²) in [5, 5.41) is 2.64. The van der Waals surface area contributed by atoms with Gasteiger partial charge in [-0.2, -0.15) is 0 Å². The third-order valence-corrected chi connectivity index (χ3v) is 5.92. The zero-order valence-electron chi connectivity index (χ0n) is 19.5. The summed E-state index contributed by atoms with van der Waals surface area (Å²) in [6.07, 6.45) is 1.08. The first-order valence-corrected chi connectivity index (χ1v) is 11.4. The second-order valence-electron chi connectivity index (χ2n) is 9.76. The zero-order valence-corrected chi connectivity index (χ0v) is 19.5. The second kappa shape index (κ2) is 10.2. The largest absolute Gasteiger partial charge is 0.445 e. The van der Waals surface area contributed by atoms with Gasteiger partial charge in [0.1, 0.15) is 18.2 Å². The van der Waals surface area contributed by atoms with E-state index in [4.69, 9.17) is 9.47 Å². The average Bonchev–Trinajstić information content (AvgIpc) is 2.70. The summed E-state index contributed by atoms with van der Waals surface area (Å²) in [4.78, 5) is 40.7. The van der Waals surface area contributed by atoms with E-state index < -0.39 is 17.7 Å². The van der Waals surface area contributed by atoms with Crippen LogP contribution in [0.25, 0.3) is 0 Å². The first kappa shape index (κ1) is 23.9. The summed E-state index contributed by atoms with van der Waals surface area (Å²) >= 11 is 0. The molecular weight excluding hydrogens is 410 g/mol. The molecule has 2 fully saturated rings. The number of alkyl carbamates (subject to hydrolysis) is 1. The van der Waals surface area contributed by atoms with Crippen molar-refractivity contribution in [3.8, 4) is 0 Å². The quantitative estimate of drug-likeness (QED) is 0.750. The Bertz CT molecular complexity index is 802. The number of likely N-dealkylation sites (tertiary alicyclic amines) is 2. The zero-order chi connectivity index (χ0) is 23.3. The summed E-state index contributed by atoms with van der Waals surface area (Å²) in [7, 11) is 0. The van der Waals surface area contributed by atoms with Crippen molar-refractivity contribution >= 4 is 18.1 Å². The van der Waals surface area contributed by atoms with Crippen LogP contribution < -0.4 is 5.32 Å². The number of nitrogens with one attached hydrogen (secondary N) is 1. The van der Waals surface area contributed by atoms with E-state index in [0.717, 1.165) is 18.4 Å². The maximum absolute atomic E-state index is 12.9. The van der Waals surface area contributed by atoms with E-state index in [1.165, 1.54) is 0 Å². The molecule has 0 bridgehead atoms. The summed E-state index contributed by atoms with van der Waals surface area (Å²) in [6, 6.07) is 8.75. The molecule has 2 aliphatic rings. The van der Waals surface area contributed by atoms with Crippen LogP contribution in [0.5, 0.6) is 0 Å². The molecule has 32 heavy (non-hydrogen) atoms. The molecule has 8 heteroatoms. The molecule has 8 nitrogen and oxygen atoms in total. The first-order chi connectivity index (χ1) is 15.1. The van der Waals surface area contributed by atoms with Crippen molar-refractivity contribution in [2.45, 2.75) is 58.8 Å². The summed E-state index contributed by atoms with van der Waals surface area (Å²) in [6.45, 7) is 10.1. The highest BCUT2D eigenvalue weighted by Gasteiger charge is 2.40. The molecule has 0 radical (unpaired) electrons. The number of piperidine rings is 1. The van der Waals surface area contributed by atoms with E-state index in [0.29, 0.717) is 38.0 Å². The van der Waals surface area contributed by atoms with Gasteiger partial charge in [0.05, 0.1) is 0 Å². The molecule has 2 heterocycles. The van der Waals surface area contributed by atoms with Gasteiger partial charge in [0, 0.05) is 26.2 Å². The molecule has 2 atom stereocenters. The molecule has 3 amide bonds. The molecule has 1 aromatic carbocycles. The van der Waals surface area contributed by atoms with Crippen LogP contribution in [0.2, 0.25) is 0 Å². The molecule has 0 unspecified atom stereocenters. The number of carbonyl (C=O) groups excluding carboxylic acids is 3. The Hall–Kier alpha value is -2.77. The van der Waals surface area contributed by atoms with Crippen LogP contribution in [0, 0.1) is 11.8 Å². The van der Waals surface area contributed by atoms with E-state index in [9.17, 15) is 14.4 Å². The first-order valence-electron chi connectivity index (χ1n) is 11.4. The minimum atomic E-state index is -0.656. The third kappa shape index (κ3) is 6.61. The fourth-order valence-electron chi connectivity index (χ4n) is 4.16. The maximum atomic E-state index is 12.9. The van der Waals surface area contributed by atoms with Crippen LogP contribution in [0.4, 0.5) is 9.59 Å². The number of ether oxygens (including phenoxy) is 2. The van der Waals surface area contributed by atoms with Gasteiger partial charge in [-0.05, 0) is 57.9 Å². The smallest absolute Gasteiger partial charge is 0.410 e. The highest BCUT2D eigenvalue weighted by atomic mass is 16.6. The number of hydrogen-bond donors (Lipinski definition) is 1. The minimum absolute atomic E-state index is 0.102. The number of hydrogen-bond acceptors (Lipinski definition) is 5. The number of carbonyl (C=O) groups is 3. The molecule has 0 saturated carbocycles. The number of nitrogens with zero attached hydrogens (tertiary/aromatic N) is 2. The van der Waals surface area contributed by atoms with Gasteiger partial charge >= 0.3 is 12.2 Å². The normalized spacial score (nSPS) is 20.2. The van der Waals surface area contributed by atoms with Crippen molar-refractivity contribution in [3.63, 3.8) is 0 Å². The predicted molar refractivity (Wildman–Crippen MR) is 120 cm³/mol. The molecule has 0 aromatic heterocycles. The van der Waals surface area contributed by atoms with Crippen molar-refractivity contribution in [2.75, 3.05) is 26.2 Å². The van der Waals surface area contributed by atoms with Gasteiger partial charge in [-0.15, -0.1) is 0 Å². The van der Waals surface area contributed by atoms with Crippen molar-refractivity contribution in [1.82, 2.24) is 15.1 Å². The van der Waals surface area contributed by atoms with Gasteiger partial charge in [-0.25, -0.2) is 9.59 Å². The second-order valence-corrected chi connectivity index (χ2v) is 9.76. The Morgan fingerprint density at radius 3 is 2.38 bits per heavy atom. The lowest BCUT2D eigenvalue weighted by atomic mass is 9.80. The van der Waals surface area contributed by atoms with Crippen molar-refractivity contribution < 1.29 is 23.9 Å². The topological polar surface area (TPSA) is 88.2 Å². The Labute approximate surface area is 190 Å². The molecule has 3 rings (SSSR count). The lowest BCUT2D eigenvalue weighted by Gasteiger charge is -2.46. The van der Waals surface area contributed by atoms with Crippen LogP contribution in [0.1, 0.15) is 46.1 Å². The minimum Gasteiger partial charge on any atom is -0.445 e. The number of amides is 3. The molecule has 2 saturated heterocycles. The molecule has 2 aliphatic heterocycles. The van der Waals surface area contributed by atoms with Crippen molar-refractivity contribution in [2.24, 2.45) is 11.8 Å². The van der Waals surface area contributed by atoms with Crippen LogP contribution >= 0.6 is 0 Å². The molecular formula is C24H35N3O5. The third-order valence-electron chi connectivity index (χ3n) is 5.92. The molecule has 176 valence electrons.